The normalized spacial score (nSPS) is 10.7. The first-order valence-electron chi connectivity index (χ1n) is 9.48. The van der Waals surface area contributed by atoms with Gasteiger partial charge in [-0.25, -0.2) is 4.68 Å². The molecule has 148 valence electrons. The van der Waals surface area contributed by atoms with Crippen LogP contribution in [0.3, 0.4) is 0 Å². The largest absolute Gasteiger partial charge is 0.324 e. The van der Waals surface area contributed by atoms with Crippen molar-refractivity contribution in [2.75, 3.05) is 5.32 Å². The number of carbonyl (C=O) groups excluding carboxylic acids is 2. The van der Waals surface area contributed by atoms with E-state index in [9.17, 15) is 14.4 Å². The lowest BCUT2D eigenvalue weighted by Crippen LogP contribution is -2.29. The summed E-state index contributed by atoms with van der Waals surface area (Å²) in [7, 11) is 0. The third-order valence-corrected chi connectivity index (χ3v) is 4.78. The molecule has 0 saturated heterocycles. The zero-order valence-electron chi connectivity index (χ0n) is 16.3. The number of anilines is 1. The molecule has 4 aromatic rings. The highest BCUT2D eigenvalue weighted by molar-refractivity contribution is 5.97. The van der Waals surface area contributed by atoms with Gasteiger partial charge >= 0.3 is 0 Å². The molecular formula is C24H19N3O3. The molecule has 0 fully saturated rings. The fourth-order valence-electron chi connectivity index (χ4n) is 3.31. The number of rotatable bonds is 5. The Labute approximate surface area is 172 Å². The molecule has 6 nitrogen and oxygen atoms in total. The van der Waals surface area contributed by atoms with Crippen LogP contribution in [0.25, 0.3) is 22.0 Å². The molecule has 0 bridgehead atoms. The van der Waals surface area contributed by atoms with Gasteiger partial charge in [0.1, 0.15) is 6.54 Å². The Morgan fingerprint density at radius 2 is 1.70 bits per heavy atom. The highest BCUT2D eigenvalue weighted by atomic mass is 16.2. The lowest BCUT2D eigenvalue weighted by atomic mass is 10.0. The zero-order valence-corrected chi connectivity index (χ0v) is 16.3. The van der Waals surface area contributed by atoms with Crippen LogP contribution < -0.4 is 10.9 Å². The number of ketones is 1. The smallest absolute Gasteiger partial charge is 0.267 e. The summed E-state index contributed by atoms with van der Waals surface area (Å²) in [6.45, 7) is 1.23. The van der Waals surface area contributed by atoms with Crippen LogP contribution in [0.1, 0.15) is 17.3 Å². The predicted octanol–water partition coefficient (Wildman–Crippen LogP) is 3.90. The summed E-state index contributed by atoms with van der Waals surface area (Å²) in [6.07, 6.45) is 0. The summed E-state index contributed by atoms with van der Waals surface area (Å²) in [6, 6.07) is 23.5. The van der Waals surface area contributed by atoms with Crippen molar-refractivity contribution < 1.29 is 9.59 Å². The highest BCUT2D eigenvalue weighted by Crippen LogP contribution is 2.26. The van der Waals surface area contributed by atoms with Gasteiger partial charge in [-0.05, 0) is 35.9 Å². The first-order valence-corrected chi connectivity index (χ1v) is 9.48. The van der Waals surface area contributed by atoms with Crippen LogP contribution in [-0.4, -0.2) is 21.5 Å². The number of fused-ring (bicyclic) bond motifs is 1. The quantitative estimate of drug-likeness (QED) is 0.518. The fraction of sp³-hybridized carbons (Fsp3) is 0.0833. The van der Waals surface area contributed by atoms with E-state index in [1.54, 1.807) is 30.3 Å². The van der Waals surface area contributed by atoms with E-state index < -0.39 is 5.91 Å². The fourth-order valence-corrected chi connectivity index (χ4v) is 3.31. The molecule has 1 aromatic heterocycles. The van der Waals surface area contributed by atoms with E-state index in [1.807, 2.05) is 42.5 Å². The van der Waals surface area contributed by atoms with Gasteiger partial charge in [0.2, 0.25) is 5.91 Å². The van der Waals surface area contributed by atoms with E-state index in [2.05, 4.69) is 10.4 Å². The van der Waals surface area contributed by atoms with Crippen molar-refractivity contribution in [3.8, 4) is 11.3 Å². The minimum absolute atomic E-state index is 0.0910. The SMILES string of the molecule is CC(=O)c1cccc(NC(=O)Cn2nc(-c3cccc4ccccc34)ccc2=O)c1. The molecule has 0 spiro atoms. The molecule has 1 heterocycles. The van der Waals surface area contributed by atoms with Gasteiger partial charge in [0.25, 0.3) is 5.56 Å². The summed E-state index contributed by atoms with van der Waals surface area (Å²) in [4.78, 5) is 36.3. The second-order valence-corrected chi connectivity index (χ2v) is 6.93. The van der Waals surface area contributed by atoms with Crippen molar-refractivity contribution in [2.45, 2.75) is 13.5 Å². The number of aromatic nitrogens is 2. The van der Waals surface area contributed by atoms with Crippen molar-refractivity contribution in [2.24, 2.45) is 0 Å². The van der Waals surface area contributed by atoms with Crippen LogP contribution in [0.15, 0.2) is 83.7 Å². The minimum atomic E-state index is -0.402. The maximum atomic E-state index is 12.5. The summed E-state index contributed by atoms with van der Waals surface area (Å²) in [5.41, 5.74) is 2.12. The molecule has 0 aliphatic rings. The van der Waals surface area contributed by atoms with Crippen LogP contribution in [0.2, 0.25) is 0 Å². The molecule has 1 amide bonds. The van der Waals surface area contributed by atoms with Gasteiger partial charge in [0.15, 0.2) is 5.78 Å². The van der Waals surface area contributed by atoms with Gasteiger partial charge in [-0.15, -0.1) is 0 Å². The van der Waals surface area contributed by atoms with Gasteiger partial charge in [-0.3, -0.25) is 14.4 Å². The van der Waals surface area contributed by atoms with Crippen LogP contribution >= 0.6 is 0 Å². The van der Waals surface area contributed by atoms with E-state index >= 15 is 0 Å². The van der Waals surface area contributed by atoms with E-state index in [0.717, 1.165) is 21.0 Å². The van der Waals surface area contributed by atoms with Crippen molar-refractivity contribution in [1.82, 2.24) is 9.78 Å². The van der Waals surface area contributed by atoms with Gasteiger partial charge in [-0.2, -0.15) is 5.10 Å². The van der Waals surface area contributed by atoms with Crippen LogP contribution in [0.4, 0.5) is 5.69 Å². The number of nitrogens with zero attached hydrogens (tertiary/aromatic N) is 2. The van der Waals surface area contributed by atoms with Gasteiger partial charge < -0.3 is 5.32 Å². The lowest BCUT2D eigenvalue weighted by Gasteiger charge is -2.10. The lowest BCUT2D eigenvalue weighted by molar-refractivity contribution is -0.117. The Morgan fingerprint density at radius 1 is 0.933 bits per heavy atom. The summed E-state index contributed by atoms with van der Waals surface area (Å²) >= 11 is 0. The highest BCUT2D eigenvalue weighted by Gasteiger charge is 2.11. The summed E-state index contributed by atoms with van der Waals surface area (Å²) in [5.74, 6) is -0.493. The average Bonchev–Trinajstić information content (AvgIpc) is 2.75. The number of hydrogen-bond acceptors (Lipinski definition) is 4. The number of hydrogen-bond donors (Lipinski definition) is 1. The second kappa shape index (κ2) is 8.13. The molecule has 0 aliphatic carbocycles. The van der Waals surface area contributed by atoms with E-state index in [1.165, 1.54) is 13.0 Å². The van der Waals surface area contributed by atoms with Crippen LogP contribution in [-0.2, 0) is 11.3 Å². The molecule has 0 atom stereocenters. The monoisotopic (exact) mass is 397 g/mol. The first-order chi connectivity index (χ1) is 14.5. The molecule has 0 unspecified atom stereocenters. The van der Waals surface area contributed by atoms with Gasteiger partial charge in [0, 0.05) is 22.9 Å². The standard InChI is InChI=1S/C24H19N3O3/c1-16(28)18-8-4-9-19(14-18)25-23(29)15-27-24(30)13-12-22(26-27)21-11-5-7-17-6-2-3-10-20(17)21/h2-14H,15H2,1H3,(H,25,29). The molecule has 0 aliphatic heterocycles. The predicted molar refractivity (Wildman–Crippen MR) is 117 cm³/mol. The Kier molecular flexibility index (Phi) is 5.22. The van der Waals surface area contributed by atoms with Crippen molar-refractivity contribution in [3.05, 3.63) is 94.8 Å². The minimum Gasteiger partial charge on any atom is -0.324 e. The molecule has 1 N–H and O–H groups in total. The number of nitrogens with one attached hydrogen (secondary N) is 1. The number of amides is 1. The molecular weight excluding hydrogens is 378 g/mol. The van der Waals surface area contributed by atoms with Crippen molar-refractivity contribution in [1.29, 1.82) is 0 Å². The Hall–Kier alpha value is -4.06. The Bertz CT molecular complexity index is 1320. The van der Waals surface area contributed by atoms with E-state index in [4.69, 9.17) is 0 Å². The first kappa shape index (κ1) is 19.3. The van der Waals surface area contributed by atoms with Gasteiger partial charge in [-0.1, -0.05) is 54.6 Å². The molecule has 4 rings (SSSR count). The summed E-state index contributed by atoms with van der Waals surface area (Å²) < 4.78 is 1.14. The van der Waals surface area contributed by atoms with Crippen LogP contribution in [0.5, 0.6) is 0 Å². The molecule has 3 aromatic carbocycles. The molecule has 0 saturated carbocycles. The average molecular weight is 397 g/mol. The zero-order chi connectivity index (χ0) is 21.1. The molecule has 30 heavy (non-hydrogen) atoms. The molecule has 0 radical (unpaired) electrons. The second-order valence-electron chi connectivity index (χ2n) is 6.93. The molecule has 6 heteroatoms. The third-order valence-electron chi connectivity index (χ3n) is 4.78. The van der Waals surface area contributed by atoms with Gasteiger partial charge in [0.05, 0.1) is 5.69 Å². The van der Waals surface area contributed by atoms with Crippen molar-refractivity contribution in [3.63, 3.8) is 0 Å². The number of benzene rings is 3. The number of Topliss-reactive ketones (excluding diaryl/α,β-unsaturated/α-hetero) is 1. The Balaban J connectivity index is 1.61. The van der Waals surface area contributed by atoms with Crippen LogP contribution in [0, 0.1) is 0 Å². The van der Waals surface area contributed by atoms with E-state index in [0.29, 0.717) is 16.9 Å². The number of carbonyl (C=O) groups is 2. The van der Waals surface area contributed by atoms with E-state index in [-0.39, 0.29) is 17.9 Å². The Morgan fingerprint density at radius 3 is 2.53 bits per heavy atom. The third kappa shape index (κ3) is 4.03. The maximum absolute atomic E-state index is 12.5. The maximum Gasteiger partial charge on any atom is 0.267 e. The van der Waals surface area contributed by atoms with Crippen molar-refractivity contribution >= 4 is 28.2 Å². The summed E-state index contributed by atoms with van der Waals surface area (Å²) in [5, 5.41) is 9.20. The topological polar surface area (TPSA) is 81.1 Å².